The molecule has 0 aliphatic rings. The van der Waals surface area contributed by atoms with Crippen LogP contribution in [0.2, 0.25) is 0 Å². The molecule has 19 heavy (non-hydrogen) atoms. The van der Waals surface area contributed by atoms with Crippen LogP contribution in [0.4, 0.5) is 0 Å². The summed E-state index contributed by atoms with van der Waals surface area (Å²) in [5.41, 5.74) is 3.27. The second kappa shape index (κ2) is 5.75. The zero-order chi connectivity index (χ0) is 13.9. The Balaban J connectivity index is 2.23. The predicted molar refractivity (Wildman–Crippen MR) is 78.3 cm³/mol. The molecule has 1 heterocycles. The van der Waals surface area contributed by atoms with E-state index in [2.05, 4.69) is 16.6 Å². The molecule has 0 saturated heterocycles. The van der Waals surface area contributed by atoms with Gasteiger partial charge in [-0.1, -0.05) is 13.0 Å². The zero-order valence-corrected chi connectivity index (χ0v) is 11.9. The van der Waals surface area contributed by atoms with Crippen LogP contribution in [0.15, 0.2) is 24.4 Å². The molecular formula is C14H19N2O2S. The van der Waals surface area contributed by atoms with Gasteiger partial charge < -0.3 is 4.98 Å². The third kappa shape index (κ3) is 3.36. The maximum Gasteiger partial charge on any atom is 0.211 e. The first-order valence-corrected chi connectivity index (χ1v) is 8.06. The molecule has 1 aromatic carbocycles. The number of nitrogens with one attached hydrogen (secondary N) is 2. The van der Waals surface area contributed by atoms with E-state index >= 15 is 0 Å². The highest BCUT2D eigenvalue weighted by molar-refractivity contribution is 7.89. The average Bonchev–Trinajstić information content (AvgIpc) is 2.80. The summed E-state index contributed by atoms with van der Waals surface area (Å²) >= 11 is 0. The van der Waals surface area contributed by atoms with E-state index in [1.165, 1.54) is 5.56 Å². The first kappa shape index (κ1) is 14.1. The van der Waals surface area contributed by atoms with Crippen molar-refractivity contribution < 1.29 is 8.42 Å². The number of benzene rings is 1. The Morgan fingerprint density at radius 2 is 2.16 bits per heavy atom. The predicted octanol–water partition coefficient (Wildman–Crippen LogP) is 2.37. The number of rotatable bonds is 6. The standard InChI is InChI=1S/C14H19N2O2S/c1-3-5-12-10-15-14-7-6-11(8-13(12)14)9-16-19(17,18)4-2/h6-8,10,15-16H,1,3-5,9H2,2H3. The van der Waals surface area contributed by atoms with Gasteiger partial charge in [0.05, 0.1) is 5.75 Å². The molecule has 0 spiro atoms. The molecule has 0 fully saturated rings. The van der Waals surface area contributed by atoms with E-state index in [9.17, 15) is 8.42 Å². The number of sulfonamides is 1. The molecule has 2 N–H and O–H groups in total. The van der Waals surface area contributed by atoms with Crippen molar-refractivity contribution in [2.75, 3.05) is 5.75 Å². The van der Waals surface area contributed by atoms with Crippen LogP contribution in [-0.4, -0.2) is 19.2 Å². The average molecular weight is 279 g/mol. The van der Waals surface area contributed by atoms with Crippen molar-refractivity contribution in [2.24, 2.45) is 0 Å². The Morgan fingerprint density at radius 1 is 1.37 bits per heavy atom. The van der Waals surface area contributed by atoms with E-state index in [1.54, 1.807) is 6.92 Å². The number of hydrogen-bond donors (Lipinski definition) is 2. The molecule has 0 aliphatic heterocycles. The van der Waals surface area contributed by atoms with Crippen LogP contribution >= 0.6 is 0 Å². The highest BCUT2D eigenvalue weighted by Gasteiger charge is 2.08. The van der Waals surface area contributed by atoms with Crippen molar-refractivity contribution in [3.63, 3.8) is 0 Å². The third-order valence-electron chi connectivity index (χ3n) is 3.15. The summed E-state index contributed by atoms with van der Waals surface area (Å²) in [4.78, 5) is 3.22. The highest BCUT2D eigenvalue weighted by atomic mass is 32.2. The number of aryl methyl sites for hydroxylation is 1. The van der Waals surface area contributed by atoms with Gasteiger partial charge in [0.2, 0.25) is 10.0 Å². The number of fused-ring (bicyclic) bond motifs is 1. The van der Waals surface area contributed by atoms with Crippen molar-refractivity contribution in [3.8, 4) is 0 Å². The van der Waals surface area contributed by atoms with Crippen molar-refractivity contribution in [3.05, 3.63) is 42.4 Å². The highest BCUT2D eigenvalue weighted by Crippen LogP contribution is 2.21. The fourth-order valence-electron chi connectivity index (χ4n) is 2.03. The summed E-state index contributed by atoms with van der Waals surface area (Å²) in [5, 5.41) is 1.15. The van der Waals surface area contributed by atoms with Gasteiger partial charge in [-0.15, -0.1) is 0 Å². The summed E-state index contributed by atoms with van der Waals surface area (Å²) < 4.78 is 25.4. The molecule has 0 bridgehead atoms. The molecule has 2 aromatic rings. The molecule has 4 nitrogen and oxygen atoms in total. The Kier molecular flexibility index (Phi) is 4.27. The van der Waals surface area contributed by atoms with Gasteiger partial charge in [0, 0.05) is 23.6 Å². The number of hydrogen-bond acceptors (Lipinski definition) is 2. The lowest BCUT2D eigenvalue weighted by Gasteiger charge is -2.05. The van der Waals surface area contributed by atoms with Crippen LogP contribution < -0.4 is 4.72 Å². The van der Waals surface area contributed by atoms with Crippen LogP contribution in [0.25, 0.3) is 10.9 Å². The van der Waals surface area contributed by atoms with Crippen molar-refractivity contribution in [2.45, 2.75) is 26.3 Å². The molecule has 0 unspecified atom stereocenters. The fraction of sp³-hybridized carbons (Fsp3) is 0.357. The molecule has 0 saturated carbocycles. The van der Waals surface area contributed by atoms with Gasteiger partial charge in [-0.25, -0.2) is 13.1 Å². The summed E-state index contributed by atoms with van der Waals surface area (Å²) in [5.74, 6) is 0.103. The topological polar surface area (TPSA) is 62.0 Å². The molecular weight excluding hydrogens is 260 g/mol. The normalized spacial score (nSPS) is 12.1. The minimum atomic E-state index is -3.15. The van der Waals surface area contributed by atoms with E-state index in [0.717, 1.165) is 29.3 Å². The smallest absolute Gasteiger partial charge is 0.211 e. The Morgan fingerprint density at radius 3 is 2.84 bits per heavy atom. The van der Waals surface area contributed by atoms with E-state index in [0.29, 0.717) is 6.54 Å². The van der Waals surface area contributed by atoms with Crippen molar-refractivity contribution in [1.29, 1.82) is 0 Å². The van der Waals surface area contributed by atoms with Gasteiger partial charge in [-0.3, -0.25) is 0 Å². The summed E-state index contributed by atoms with van der Waals surface area (Å²) in [6, 6.07) is 5.96. The van der Waals surface area contributed by atoms with Gasteiger partial charge in [0.1, 0.15) is 0 Å². The van der Waals surface area contributed by atoms with E-state index < -0.39 is 10.0 Å². The third-order valence-corrected chi connectivity index (χ3v) is 4.50. The molecule has 103 valence electrons. The Labute approximate surface area is 114 Å². The van der Waals surface area contributed by atoms with Crippen LogP contribution in [0.5, 0.6) is 0 Å². The van der Waals surface area contributed by atoms with Gasteiger partial charge in [0.15, 0.2) is 0 Å². The van der Waals surface area contributed by atoms with Crippen LogP contribution in [-0.2, 0) is 23.0 Å². The lowest BCUT2D eigenvalue weighted by atomic mass is 10.1. The number of aromatic nitrogens is 1. The molecule has 0 aliphatic carbocycles. The van der Waals surface area contributed by atoms with Gasteiger partial charge >= 0.3 is 0 Å². The first-order chi connectivity index (χ1) is 9.05. The second-order valence-electron chi connectivity index (χ2n) is 4.52. The minimum Gasteiger partial charge on any atom is -0.361 e. The quantitative estimate of drug-likeness (QED) is 0.852. The maximum absolute atomic E-state index is 11.4. The zero-order valence-electron chi connectivity index (χ0n) is 11.1. The minimum absolute atomic E-state index is 0.103. The van der Waals surface area contributed by atoms with Crippen LogP contribution in [0.1, 0.15) is 24.5 Å². The van der Waals surface area contributed by atoms with Gasteiger partial charge in [-0.2, -0.15) is 0 Å². The summed E-state index contributed by atoms with van der Waals surface area (Å²) in [7, 11) is -3.15. The van der Waals surface area contributed by atoms with E-state index in [4.69, 9.17) is 0 Å². The number of aromatic amines is 1. The molecule has 1 aromatic heterocycles. The molecule has 0 amide bonds. The first-order valence-electron chi connectivity index (χ1n) is 6.41. The Hall–Kier alpha value is -1.33. The molecule has 0 atom stereocenters. The maximum atomic E-state index is 11.4. The van der Waals surface area contributed by atoms with E-state index in [-0.39, 0.29) is 5.75 Å². The van der Waals surface area contributed by atoms with Crippen LogP contribution in [0.3, 0.4) is 0 Å². The number of H-pyrrole nitrogens is 1. The Bertz CT molecular complexity index is 659. The molecule has 2 rings (SSSR count). The van der Waals surface area contributed by atoms with Crippen LogP contribution in [0, 0.1) is 6.92 Å². The summed E-state index contributed by atoms with van der Waals surface area (Å²) in [6.45, 7) is 5.83. The SMILES string of the molecule is [CH2]CCc1c[nH]c2ccc(CNS(=O)(=O)CC)cc12. The van der Waals surface area contributed by atoms with Gasteiger partial charge in [-0.05, 0) is 43.0 Å². The monoisotopic (exact) mass is 279 g/mol. The largest absolute Gasteiger partial charge is 0.361 e. The molecule has 1 radical (unpaired) electrons. The van der Waals surface area contributed by atoms with Gasteiger partial charge in [0.25, 0.3) is 0 Å². The second-order valence-corrected chi connectivity index (χ2v) is 6.62. The van der Waals surface area contributed by atoms with Crippen molar-refractivity contribution >= 4 is 20.9 Å². The fourth-order valence-corrected chi connectivity index (χ4v) is 2.62. The summed E-state index contributed by atoms with van der Waals surface area (Å²) in [6.07, 6.45) is 3.76. The lowest BCUT2D eigenvalue weighted by molar-refractivity contribution is 0.582. The lowest BCUT2D eigenvalue weighted by Crippen LogP contribution is -2.24. The van der Waals surface area contributed by atoms with E-state index in [1.807, 2.05) is 24.4 Å². The van der Waals surface area contributed by atoms with Crippen molar-refractivity contribution in [1.82, 2.24) is 9.71 Å². The molecule has 5 heteroatoms.